The van der Waals surface area contributed by atoms with Gasteiger partial charge < -0.3 is 18.0 Å². The fourth-order valence-electron chi connectivity index (χ4n) is 9.05. The number of furan rings is 2. The maximum Gasteiger partial charge on any atom is 0.211 e. The van der Waals surface area contributed by atoms with Crippen molar-refractivity contribution in [3.8, 4) is 34.6 Å². The van der Waals surface area contributed by atoms with E-state index in [2.05, 4.69) is 86.8 Å². The summed E-state index contributed by atoms with van der Waals surface area (Å²) in [6.45, 7) is 8.34. The Morgan fingerprint density at radius 2 is 1.02 bits per heavy atom. The lowest BCUT2D eigenvalue weighted by molar-refractivity contribution is 0.669. The van der Waals surface area contributed by atoms with E-state index < -0.39 is 0 Å². The molecule has 0 saturated heterocycles. The zero-order valence-electron chi connectivity index (χ0n) is 30.5. The maximum absolute atomic E-state index is 10.6. The Balaban J connectivity index is 1.14. The van der Waals surface area contributed by atoms with E-state index in [1.54, 1.807) is 6.07 Å². The van der Waals surface area contributed by atoms with Crippen LogP contribution in [0.25, 0.3) is 115 Å². The average Bonchev–Trinajstić information content (AvgIpc) is 4.01. The Morgan fingerprint density at radius 3 is 1.60 bits per heavy atom. The Labute approximate surface area is 329 Å². The lowest BCUT2D eigenvalue weighted by Gasteiger charge is -2.16. The molecule has 7 heteroatoms. The van der Waals surface area contributed by atoms with E-state index in [1.807, 2.05) is 84.9 Å². The smallest absolute Gasteiger partial charge is 0.211 e. The van der Waals surface area contributed by atoms with Crippen LogP contribution in [-0.2, 0) is 0 Å². The summed E-state index contributed by atoms with van der Waals surface area (Å²) in [5, 5.41) is 29.2. The number of hydrogen-bond donors (Lipinski definition) is 0. The van der Waals surface area contributed by atoms with Gasteiger partial charge in [-0.3, -0.25) is 0 Å². The molecule has 266 valence electrons. The highest BCUT2D eigenvalue weighted by molar-refractivity contribution is 6.18. The van der Waals surface area contributed by atoms with Crippen LogP contribution in [-0.4, -0.2) is 9.13 Å². The summed E-state index contributed by atoms with van der Waals surface area (Å²) in [4.78, 5) is 3.98. The average molecular weight is 740 g/mol. The highest BCUT2D eigenvalue weighted by Crippen LogP contribution is 2.43. The van der Waals surface area contributed by atoms with Crippen molar-refractivity contribution in [3.63, 3.8) is 0 Å². The third kappa shape index (κ3) is 4.34. The highest BCUT2D eigenvalue weighted by Gasteiger charge is 2.22. The van der Waals surface area contributed by atoms with Crippen molar-refractivity contribution >= 4 is 93.2 Å². The number of aromatic nitrogens is 2. The molecular weight excluding hydrogens is 715 g/mol. The van der Waals surface area contributed by atoms with Gasteiger partial charge in [0, 0.05) is 54.3 Å². The van der Waals surface area contributed by atoms with Crippen LogP contribution in [0.15, 0.2) is 160 Å². The van der Waals surface area contributed by atoms with Crippen LogP contribution in [0.3, 0.4) is 0 Å². The van der Waals surface area contributed by atoms with Crippen LogP contribution in [0, 0.1) is 29.2 Å². The minimum absolute atomic E-state index is 0.341. The number of benzene rings is 8. The Morgan fingerprint density at radius 1 is 0.466 bits per heavy atom. The van der Waals surface area contributed by atoms with Crippen molar-refractivity contribution in [3.05, 3.63) is 174 Å². The second kappa shape index (κ2) is 11.7. The lowest BCUT2D eigenvalue weighted by atomic mass is 9.96. The van der Waals surface area contributed by atoms with Gasteiger partial charge in [-0.15, -0.1) is 0 Å². The van der Waals surface area contributed by atoms with Crippen LogP contribution in [0.2, 0.25) is 0 Å². The van der Waals surface area contributed by atoms with Crippen LogP contribution in [0.4, 0.5) is 5.69 Å². The van der Waals surface area contributed by atoms with Gasteiger partial charge >= 0.3 is 0 Å². The van der Waals surface area contributed by atoms with Gasteiger partial charge in [-0.1, -0.05) is 72.8 Å². The molecule has 0 fully saturated rings. The van der Waals surface area contributed by atoms with E-state index in [9.17, 15) is 10.5 Å². The second-order valence-electron chi connectivity index (χ2n) is 14.6. The normalized spacial score (nSPS) is 11.7. The van der Waals surface area contributed by atoms with Crippen LogP contribution in [0.5, 0.6) is 0 Å². The summed E-state index contributed by atoms with van der Waals surface area (Å²) in [7, 11) is 0. The van der Waals surface area contributed by atoms with Gasteiger partial charge in [0.1, 0.15) is 22.3 Å². The zero-order chi connectivity index (χ0) is 38.6. The molecule has 4 aromatic heterocycles. The summed E-state index contributed by atoms with van der Waals surface area (Å²) in [5.41, 5.74) is 10.8. The number of para-hydroxylation sites is 4. The van der Waals surface area contributed by atoms with Crippen molar-refractivity contribution in [2.45, 2.75) is 0 Å². The van der Waals surface area contributed by atoms with Gasteiger partial charge in [-0.25, -0.2) is 4.85 Å². The summed E-state index contributed by atoms with van der Waals surface area (Å²) in [5.74, 6) is 0. The first-order valence-corrected chi connectivity index (χ1v) is 18.8. The quantitative estimate of drug-likeness (QED) is 0.169. The third-order valence-corrected chi connectivity index (χ3v) is 11.6. The molecule has 0 radical (unpaired) electrons. The van der Waals surface area contributed by atoms with E-state index in [1.165, 1.54) is 0 Å². The first-order valence-electron chi connectivity index (χ1n) is 18.8. The fraction of sp³-hybridized carbons (Fsp3) is 0. The fourth-order valence-corrected chi connectivity index (χ4v) is 9.05. The van der Waals surface area contributed by atoms with E-state index in [0.29, 0.717) is 33.6 Å². The predicted octanol–water partition coefficient (Wildman–Crippen LogP) is 13.6. The molecule has 0 aliphatic rings. The number of fused-ring (bicyclic) bond motifs is 12. The van der Waals surface area contributed by atoms with Crippen molar-refractivity contribution in [2.75, 3.05) is 0 Å². The van der Waals surface area contributed by atoms with Gasteiger partial charge in [-0.2, -0.15) is 10.5 Å². The van der Waals surface area contributed by atoms with E-state index in [4.69, 9.17) is 15.4 Å². The lowest BCUT2D eigenvalue weighted by Crippen LogP contribution is -1.99. The first kappa shape index (κ1) is 31.7. The number of nitrogens with zero attached hydrogens (tertiary/aromatic N) is 5. The molecule has 0 bridgehead atoms. The molecule has 0 unspecified atom stereocenters. The molecule has 7 nitrogen and oxygen atoms in total. The van der Waals surface area contributed by atoms with Crippen molar-refractivity contribution in [1.82, 2.24) is 9.13 Å². The number of hydrogen-bond acceptors (Lipinski definition) is 4. The summed E-state index contributed by atoms with van der Waals surface area (Å²) in [6.07, 6.45) is 0. The SMILES string of the molecule is [C-]#[N+]c1cc(C#N)c(-c2cc(C#N)cc(-n3c4ccccc4c4cc5oc6ccccc6c5cc43)c2)cc1-n1c2ccccc2c2cc3oc4ccccc4c3cc21. The molecule has 58 heavy (non-hydrogen) atoms. The van der Waals surface area contributed by atoms with Gasteiger partial charge in [0.15, 0.2) is 0 Å². The summed E-state index contributed by atoms with van der Waals surface area (Å²) in [6, 6.07) is 55.0. The Bertz CT molecular complexity index is 3910. The highest BCUT2D eigenvalue weighted by atomic mass is 16.3. The molecule has 0 atom stereocenters. The van der Waals surface area contributed by atoms with Crippen LogP contribution >= 0.6 is 0 Å². The van der Waals surface area contributed by atoms with Crippen molar-refractivity contribution in [1.29, 1.82) is 10.5 Å². The molecule has 0 aliphatic heterocycles. The first-order chi connectivity index (χ1) is 28.6. The standard InChI is InChI=1S/C51H25N5O2/c1-54-42-21-31(28-53)37(22-47(42)56-44-15-7-3-11-34(44)39-26-51-41(24-46(39)56)36-13-5-9-17-49(36)58-51)30-18-29(27-52)19-32(20-30)55-43-14-6-2-10-33(43)38-25-50-40(23-45(38)55)35-12-4-8-16-48(35)57-50/h2-26H. The number of nitriles is 2. The molecule has 0 N–H and O–H groups in total. The molecule has 0 amide bonds. The molecule has 4 heterocycles. The molecule has 8 aromatic carbocycles. The minimum atomic E-state index is 0.341. The zero-order valence-corrected chi connectivity index (χ0v) is 30.5. The predicted molar refractivity (Wildman–Crippen MR) is 231 cm³/mol. The van der Waals surface area contributed by atoms with Gasteiger partial charge in [0.05, 0.1) is 52.0 Å². The van der Waals surface area contributed by atoms with Crippen molar-refractivity contribution in [2.24, 2.45) is 0 Å². The molecule has 12 rings (SSSR count). The summed E-state index contributed by atoms with van der Waals surface area (Å²) >= 11 is 0. The van der Waals surface area contributed by atoms with E-state index in [0.717, 1.165) is 93.2 Å². The third-order valence-electron chi connectivity index (χ3n) is 11.6. The van der Waals surface area contributed by atoms with Gasteiger partial charge in [0.25, 0.3) is 0 Å². The molecule has 0 saturated carbocycles. The van der Waals surface area contributed by atoms with Crippen LogP contribution < -0.4 is 0 Å². The maximum atomic E-state index is 10.6. The van der Waals surface area contributed by atoms with E-state index >= 15 is 0 Å². The number of rotatable bonds is 3. The molecule has 12 aromatic rings. The van der Waals surface area contributed by atoms with Gasteiger partial charge in [-0.05, 0) is 90.0 Å². The second-order valence-corrected chi connectivity index (χ2v) is 14.6. The van der Waals surface area contributed by atoms with Crippen molar-refractivity contribution < 1.29 is 8.83 Å². The monoisotopic (exact) mass is 739 g/mol. The molecule has 0 aliphatic carbocycles. The molecule has 0 spiro atoms. The Kier molecular flexibility index (Phi) is 6.41. The minimum Gasteiger partial charge on any atom is -0.456 e. The molecular formula is C51H25N5O2. The van der Waals surface area contributed by atoms with E-state index in [-0.39, 0.29) is 0 Å². The summed E-state index contributed by atoms with van der Waals surface area (Å²) < 4.78 is 16.9. The van der Waals surface area contributed by atoms with Crippen LogP contribution in [0.1, 0.15) is 11.1 Å². The largest absolute Gasteiger partial charge is 0.456 e. The Hall–Kier alpha value is -8.57. The topological polar surface area (TPSA) is 88.1 Å². The van der Waals surface area contributed by atoms with Gasteiger partial charge in [0.2, 0.25) is 5.69 Å².